The van der Waals surface area contributed by atoms with E-state index in [4.69, 9.17) is 0 Å². The van der Waals surface area contributed by atoms with Crippen molar-refractivity contribution in [2.45, 2.75) is 47.0 Å². The topological polar surface area (TPSA) is 0 Å². The van der Waals surface area contributed by atoms with Crippen LogP contribution in [0.2, 0.25) is 0 Å². The van der Waals surface area contributed by atoms with Crippen LogP contribution in [0, 0.1) is 26.3 Å². The van der Waals surface area contributed by atoms with Crippen LogP contribution in [-0.2, 0) is 0 Å². The molecule has 0 fully saturated rings. The van der Waals surface area contributed by atoms with Gasteiger partial charge in [0.15, 0.2) is 0 Å². The van der Waals surface area contributed by atoms with Gasteiger partial charge in [0.1, 0.15) is 0 Å². The van der Waals surface area contributed by atoms with Gasteiger partial charge in [-0.3, -0.25) is 0 Å². The van der Waals surface area contributed by atoms with E-state index in [-0.39, 0.29) is 18.9 Å². The SMILES string of the molecule is CC[CH-]CC.Cc1cc[c-]cc1.[CH2-]CC.[Li+]. The van der Waals surface area contributed by atoms with Crippen LogP contribution in [0.15, 0.2) is 24.3 Å². The van der Waals surface area contributed by atoms with Crippen LogP contribution in [0.3, 0.4) is 0 Å². The fourth-order valence-corrected chi connectivity index (χ4v) is 0.759. The zero-order valence-corrected chi connectivity index (χ0v) is 11.7. The van der Waals surface area contributed by atoms with Gasteiger partial charge in [0, 0.05) is 0 Å². The van der Waals surface area contributed by atoms with E-state index < -0.39 is 0 Å². The molecule has 0 bridgehead atoms. The van der Waals surface area contributed by atoms with Crippen molar-refractivity contribution in [3.8, 4) is 0 Å². The summed E-state index contributed by atoms with van der Waals surface area (Å²) in [5.74, 6) is 0. The molecule has 0 nitrogen and oxygen atoms in total. The van der Waals surface area contributed by atoms with Crippen molar-refractivity contribution in [3.63, 3.8) is 0 Å². The fourth-order valence-electron chi connectivity index (χ4n) is 0.759. The van der Waals surface area contributed by atoms with Gasteiger partial charge in [0.2, 0.25) is 0 Å². The third-order valence-corrected chi connectivity index (χ3v) is 1.46. The van der Waals surface area contributed by atoms with Crippen LogP contribution in [0.25, 0.3) is 0 Å². The predicted molar refractivity (Wildman–Crippen MR) is 70.5 cm³/mol. The number of unbranched alkanes of at least 4 members (excludes halogenated alkanes) is 2. The van der Waals surface area contributed by atoms with Crippen LogP contribution in [0.5, 0.6) is 0 Å². The molecule has 0 aliphatic rings. The molecule has 1 aromatic rings. The van der Waals surface area contributed by atoms with E-state index >= 15 is 0 Å². The summed E-state index contributed by atoms with van der Waals surface area (Å²) in [4.78, 5) is 0. The monoisotopic (exact) mass is 212 g/mol. The predicted octanol–water partition coefficient (Wildman–Crippen LogP) is 2.04. The minimum atomic E-state index is 0. The molecular formula is C15H25Li-2. The molecule has 0 aliphatic heterocycles. The van der Waals surface area contributed by atoms with E-state index in [0.717, 1.165) is 6.42 Å². The average molecular weight is 212 g/mol. The first kappa shape index (κ1) is 21.1. The maximum atomic E-state index is 3.49. The minimum absolute atomic E-state index is 0. The Labute approximate surface area is 115 Å². The Balaban J connectivity index is -0.000000168. The van der Waals surface area contributed by atoms with Crippen LogP contribution < -0.4 is 18.9 Å². The summed E-state index contributed by atoms with van der Waals surface area (Å²) >= 11 is 0. The second-order valence-corrected chi connectivity index (χ2v) is 3.18. The number of benzene rings is 1. The quantitative estimate of drug-likeness (QED) is 0.520. The summed E-state index contributed by atoms with van der Waals surface area (Å²) in [5.41, 5.74) is 1.29. The summed E-state index contributed by atoms with van der Waals surface area (Å²) in [7, 11) is 0. The van der Waals surface area contributed by atoms with Crippen molar-refractivity contribution in [2.75, 3.05) is 0 Å². The Bertz CT molecular complexity index is 180. The molecule has 88 valence electrons. The van der Waals surface area contributed by atoms with E-state index in [9.17, 15) is 0 Å². The Kier molecular flexibility index (Phi) is 26.8. The molecule has 0 aromatic heterocycles. The minimum Gasteiger partial charge on any atom is -0.344 e. The molecule has 0 amide bonds. The van der Waals surface area contributed by atoms with Crippen molar-refractivity contribution < 1.29 is 18.9 Å². The molecular weight excluding hydrogens is 187 g/mol. The second kappa shape index (κ2) is 20.3. The number of hydrogen-bond acceptors (Lipinski definition) is 0. The Morgan fingerprint density at radius 3 is 1.62 bits per heavy atom. The van der Waals surface area contributed by atoms with Gasteiger partial charge in [0.25, 0.3) is 0 Å². The average Bonchev–Trinajstić information content (AvgIpc) is 2.22. The molecule has 0 N–H and O–H groups in total. The number of rotatable bonds is 2. The van der Waals surface area contributed by atoms with Gasteiger partial charge in [-0.15, -0.1) is 0 Å². The third-order valence-electron chi connectivity index (χ3n) is 1.46. The summed E-state index contributed by atoms with van der Waals surface area (Å²) in [6.07, 6.45) is 5.69. The maximum Gasteiger partial charge on any atom is 1.00 e. The normalized spacial score (nSPS) is 7.56. The number of hydrogen-bond donors (Lipinski definition) is 0. The van der Waals surface area contributed by atoms with Crippen LogP contribution in [0.1, 0.15) is 45.6 Å². The Morgan fingerprint density at radius 1 is 1.12 bits per heavy atom. The molecule has 0 spiro atoms. The third kappa shape index (κ3) is 23.6. The van der Waals surface area contributed by atoms with Gasteiger partial charge in [-0.2, -0.15) is 55.2 Å². The van der Waals surface area contributed by atoms with Gasteiger partial charge in [0.05, 0.1) is 0 Å². The van der Waals surface area contributed by atoms with E-state index in [0.29, 0.717) is 0 Å². The smallest absolute Gasteiger partial charge is 0.344 e. The largest absolute Gasteiger partial charge is 1.00 e. The van der Waals surface area contributed by atoms with Crippen LogP contribution >= 0.6 is 0 Å². The molecule has 0 unspecified atom stereocenters. The van der Waals surface area contributed by atoms with E-state index in [1.807, 2.05) is 31.2 Å². The van der Waals surface area contributed by atoms with Gasteiger partial charge in [-0.05, 0) is 0 Å². The first-order valence-corrected chi connectivity index (χ1v) is 5.76. The molecule has 0 atom stereocenters. The number of aryl methyl sites for hydroxylation is 1. The van der Waals surface area contributed by atoms with Crippen molar-refractivity contribution in [3.05, 3.63) is 49.2 Å². The summed E-state index contributed by atoms with van der Waals surface area (Å²) in [6.45, 7) is 11.9. The molecule has 1 rings (SSSR count). The molecule has 0 saturated heterocycles. The van der Waals surface area contributed by atoms with E-state index in [1.54, 1.807) is 0 Å². The molecule has 0 aliphatic carbocycles. The Morgan fingerprint density at radius 2 is 1.50 bits per heavy atom. The van der Waals surface area contributed by atoms with Crippen LogP contribution in [0.4, 0.5) is 0 Å². The van der Waals surface area contributed by atoms with Gasteiger partial charge in [-0.25, -0.2) is 0 Å². The standard InChI is InChI=1S/C7H7.C5H11.C3H7.Li/c1-7-5-3-2-4-6-7;1-3-5-4-2;1-3-2;/h3-6H,1H3;5H,3-4H2,1-2H3;1,3H2,2H3;/q3*-1;+1. The molecule has 0 heterocycles. The van der Waals surface area contributed by atoms with Crippen molar-refractivity contribution in [1.29, 1.82) is 0 Å². The summed E-state index contributed by atoms with van der Waals surface area (Å²) < 4.78 is 0. The van der Waals surface area contributed by atoms with Gasteiger partial charge >= 0.3 is 18.9 Å². The molecule has 0 saturated carbocycles. The second-order valence-electron chi connectivity index (χ2n) is 3.18. The Hall–Kier alpha value is -0.183. The first-order valence-electron chi connectivity index (χ1n) is 5.76. The summed E-state index contributed by atoms with van der Waals surface area (Å²) in [6, 6.07) is 10.8. The van der Waals surface area contributed by atoms with Gasteiger partial charge in [-0.1, -0.05) is 27.7 Å². The van der Waals surface area contributed by atoms with E-state index in [1.165, 1.54) is 18.4 Å². The summed E-state index contributed by atoms with van der Waals surface area (Å²) in [5, 5.41) is 0. The zero-order valence-electron chi connectivity index (χ0n) is 11.7. The molecule has 1 heteroatoms. The van der Waals surface area contributed by atoms with Crippen molar-refractivity contribution >= 4 is 0 Å². The molecule has 1 aromatic carbocycles. The fraction of sp³-hybridized carbons (Fsp3) is 0.467. The first-order chi connectivity index (χ1) is 7.22. The van der Waals surface area contributed by atoms with Crippen molar-refractivity contribution in [1.82, 2.24) is 0 Å². The van der Waals surface area contributed by atoms with Crippen LogP contribution in [-0.4, -0.2) is 0 Å². The van der Waals surface area contributed by atoms with Gasteiger partial charge < -0.3 is 13.3 Å². The molecule has 16 heavy (non-hydrogen) atoms. The van der Waals surface area contributed by atoms with Crippen molar-refractivity contribution in [2.24, 2.45) is 0 Å². The van der Waals surface area contributed by atoms with E-state index in [2.05, 4.69) is 40.2 Å². The maximum absolute atomic E-state index is 3.49. The zero-order chi connectivity index (χ0) is 11.9. The molecule has 0 radical (unpaired) electrons.